The summed E-state index contributed by atoms with van der Waals surface area (Å²) in [5.41, 5.74) is 1.89. The molecule has 1 N–H and O–H groups in total. The van der Waals surface area contributed by atoms with Crippen LogP contribution in [0.1, 0.15) is 63.4 Å². The van der Waals surface area contributed by atoms with E-state index in [1.54, 1.807) is 0 Å². The molecular weight excluding hydrogens is 380 g/mol. The van der Waals surface area contributed by atoms with Gasteiger partial charge in [0.05, 0.1) is 6.61 Å². The molecule has 7 nitrogen and oxygen atoms in total. The molecule has 162 valence electrons. The molecule has 1 aromatic rings. The molecule has 1 saturated carbocycles. The van der Waals surface area contributed by atoms with Crippen LogP contribution in [0.2, 0.25) is 0 Å². The summed E-state index contributed by atoms with van der Waals surface area (Å²) >= 11 is 0. The number of guanidine groups is 1. The van der Waals surface area contributed by atoms with Gasteiger partial charge in [-0.15, -0.1) is 0 Å². The van der Waals surface area contributed by atoms with Gasteiger partial charge >= 0.3 is 0 Å². The van der Waals surface area contributed by atoms with Crippen molar-refractivity contribution >= 4 is 23.5 Å². The van der Waals surface area contributed by atoms with Crippen LogP contribution < -0.4 is 10.1 Å². The van der Waals surface area contributed by atoms with Crippen molar-refractivity contribution in [2.45, 2.75) is 70.4 Å². The molecule has 2 heterocycles. The first-order valence-corrected chi connectivity index (χ1v) is 11.3. The third-order valence-corrected chi connectivity index (χ3v) is 6.36. The van der Waals surface area contributed by atoms with Crippen molar-refractivity contribution in [2.75, 3.05) is 20.2 Å². The molecule has 2 fully saturated rings. The maximum atomic E-state index is 12.4. The van der Waals surface area contributed by atoms with Crippen LogP contribution in [0.5, 0.6) is 5.75 Å². The number of para-hydroxylation sites is 1. The van der Waals surface area contributed by atoms with Crippen molar-refractivity contribution in [1.82, 2.24) is 15.1 Å². The molecule has 0 unspecified atom stereocenters. The standard InChI is InChI=1S/C23H32N4O3/c1-26(18-10-4-2-5-11-18)21(29)13-6-3-7-14-30-19-12-8-9-17-15-27-16-20(28)24-23(27)25-22(17)19/h8-9,12,18H,2-7,10-11,13-16H2,1H3,(H,24,25,28). The number of aliphatic imine (C=N–C) groups is 1. The van der Waals surface area contributed by atoms with Crippen LogP contribution in [0.25, 0.3) is 0 Å². The highest BCUT2D eigenvalue weighted by atomic mass is 16.5. The van der Waals surface area contributed by atoms with E-state index in [0.717, 1.165) is 49.1 Å². The van der Waals surface area contributed by atoms with Gasteiger partial charge in [0.2, 0.25) is 17.8 Å². The molecule has 0 aromatic heterocycles. The fraction of sp³-hybridized carbons (Fsp3) is 0.609. The van der Waals surface area contributed by atoms with Gasteiger partial charge in [-0.3, -0.25) is 14.9 Å². The van der Waals surface area contributed by atoms with E-state index in [-0.39, 0.29) is 11.8 Å². The smallest absolute Gasteiger partial charge is 0.246 e. The Labute approximate surface area is 178 Å². The van der Waals surface area contributed by atoms with Crippen molar-refractivity contribution in [2.24, 2.45) is 4.99 Å². The van der Waals surface area contributed by atoms with E-state index >= 15 is 0 Å². The summed E-state index contributed by atoms with van der Waals surface area (Å²) in [5.74, 6) is 1.63. The van der Waals surface area contributed by atoms with Gasteiger partial charge < -0.3 is 14.5 Å². The SMILES string of the molecule is CN(C(=O)CCCCCOc1cccc2c1N=C1NC(=O)CN1C2)C1CCCCC1. The van der Waals surface area contributed by atoms with Gasteiger partial charge in [-0.2, -0.15) is 0 Å². The molecule has 0 bridgehead atoms. The van der Waals surface area contributed by atoms with Crippen molar-refractivity contribution in [3.8, 4) is 5.75 Å². The van der Waals surface area contributed by atoms with Crippen LogP contribution in [0.3, 0.4) is 0 Å². The molecule has 0 spiro atoms. The number of fused-ring (bicyclic) bond motifs is 2. The quantitative estimate of drug-likeness (QED) is 0.665. The molecule has 4 rings (SSSR count). The molecule has 3 aliphatic rings. The van der Waals surface area contributed by atoms with Crippen molar-refractivity contribution in [3.63, 3.8) is 0 Å². The van der Waals surface area contributed by atoms with Gasteiger partial charge in [0.1, 0.15) is 18.0 Å². The number of carbonyl (C=O) groups excluding carboxylic acids is 2. The Bertz CT molecular complexity index is 817. The Hall–Kier alpha value is -2.57. The van der Waals surface area contributed by atoms with Crippen LogP contribution in [-0.2, 0) is 16.1 Å². The molecule has 1 aromatic carbocycles. The number of ether oxygens (including phenoxy) is 1. The Kier molecular flexibility index (Phi) is 6.55. The Morgan fingerprint density at radius 3 is 2.87 bits per heavy atom. The highest BCUT2D eigenvalue weighted by Crippen LogP contribution is 2.36. The molecule has 7 heteroatoms. The third-order valence-electron chi connectivity index (χ3n) is 6.36. The van der Waals surface area contributed by atoms with Crippen LogP contribution in [0, 0.1) is 0 Å². The monoisotopic (exact) mass is 412 g/mol. The molecule has 2 amide bonds. The number of hydrogen-bond donors (Lipinski definition) is 1. The average Bonchev–Trinajstić information content (AvgIpc) is 3.13. The third kappa shape index (κ3) is 4.77. The summed E-state index contributed by atoms with van der Waals surface area (Å²) < 4.78 is 6.00. The maximum absolute atomic E-state index is 12.4. The minimum Gasteiger partial charge on any atom is -0.491 e. The predicted octanol–water partition coefficient (Wildman–Crippen LogP) is 3.35. The number of unbranched alkanes of at least 4 members (excludes halogenated alkanes) is 2. The van der Waals surface area contributed by atoms with E-state index in [1.807, 2.05) is 35.0 Å². The Morgan fingerprint density at radius 2 is 2.03 bits per heavy atom. The summed E-state index contributed by atoms with van der Waals surface area (Å²) in [6, 6.07) is 6.37. The topological polar surface area (TPSA) is 74.2 Å². The first-order chi connectivity index (χ1) is 14.6. The van der Waals surface area contributed by atoms with Gasteiger partial charge in [-0.25, -0.2) is 4.99 Å². The van der Waals surface area contributed by atoms with E-state index < -0.39 is 0 Å². The molecular formula is C23H32N4O3. The maximum Gasteiger partial charge on any atom is 0.246 e. The van der Waals surface area contributed by atoms with Crippen molar-refractivity contribution in [1.29, 1.82) is 0 Å². The minimum absolute atomic E-state index is 0.0206. The normalized spacial score (nSPS) is 18.4. The molecule has 0 atom stereocenters. The summed E-state index contributed by atoms with van der Waals surface area (Å²) in [5, 5.41) is 2.80. The molecule has 0 radical (unpaired) electrons. The van der Waals surface area contributed by atoms with Gasteiger partial charge in [0.15, 0.2) is 0 Å². The number of hydrogen-bond acceptors (Lipinski definition) is 5. The lowest BCUT2D eigenvalue weighted by molar-refractivity contribution is -0.132. The second kappa shape index (κ2) is 9.49. The molecule has 1 saturated heterocycles. The second-order valence-corrected chi connectivity index (χ2v) is 8.56. The van der Waals surface area contributed by atoms with Gasteiger partial charge in [0, 0.05) is 31.6 Å². The van der Waals surface area contributed by atoms with Gasteiger partial charge in [-0.05, 0) is 38.2 Å². The Balaban J connectivity index is 1.20. The number of benzene rings is 1. The zero-order valence-corrected chi connectivity index (χ0v) is 17.9. The first-order valence-electron chi connectivity index (χ1n) is 11.3. The number of nitrogens with zero attached hydrogens (tertiary/aromatic N) is 3. The highest BCUT2D eigenvalue weighted by Gasteiger charge is 2.30. The fourth-order valence-corrected chi connectivity index (χ4v) is 4.56. The highest BCUT2D eigenvalue weighted by molar-refractivity contribution is 6.06. The Morgan fingerprint density at radius 1 is 1.20 bits per heavy atom. The largest absolute Gasteiger partial charge is 0.491 e. The van der Waals surface area contributed by atoms with Crippen LogP contribution in [0.4, 0.5) is 5.69 Å². The van der Waals surface area contributed by atoms with Crippen molar-refractivity contribution in [3.05, 3.63) is 23.8 Å². The molecule has 2 aliphatic heterocycles. The lowest BCUT2D eigenvalue weighted by atomic mass is 9.94. The summed E-state index contributed by atoms with van der Waals surface area (Å²) in [6.45, 7) is 1.63. The lowest BCUT2D eigenvalue weighted by Gasteiger charge is -2.31. The van der Waals surface area contributed by atoms with Crippen LogP contribution in [0.15, 0.2) is 23.2 Å². The lowest BCUT2D eigenvalue weighted by Crippen LogP contribution is -2.38. The van der Waals surface area contributed by atoms with Crippen LogP contribution >= 0.6 is 0 Å². The van der Waals surface area contributed by atoms with E-state index in [1.165, 1.54) is 19.3 Å². The van der Waals surface area contributed by atoms with E-state index in [0.29, 0.717) is 38.1 Å². The molecule has 30 heavy (non-hydrogen) atoms. The number of nitrogens with one attached hydrogen (secondary N) is 1. The van der Waals surface area contributed by atoms with E-state index in [9.17, 15) is 9.59 Å². The minimum atomic E-state index is -0.0206. The molecule has 1 aliphatic carbocycles. The van der Waals surface area contributed by atoms with Crippen LogP contribution in [-0.4, -0.2) is 53.8 Å². The summed E-state index contributed by atoms with van der Waals surface area (Å²) in [7, 11) is 1.97. The summed E-state index contributed by atoms with van der Waals surface area (Å²) in [4.78, 5) is 32.5. The number of carbonyl (C=O) groups is 2. The number of amides is 2. The van der Waals surface area contributed by atoms with Gasteiger partial charge in [0.25, 0.3) is 0 Å². The van der Waals surface area contributed by atoms with E-state index in [4.69, 9.17) is 4.74 Å². The second-order valence-electron chi connectivity index (χ2n) is 8.56. The van der Waals surface area contributed by atoms with E-state index in [2.05, 4.69) is 10.3 Å². The number of rotatable bonds is 8. The zero-order chi connectivity index (χ0) is 20.9. The summed E-state index contributed by atoms with van der Waals surface area (Å²) in [6.07, 6.45) is 9.51. The van der Waals surface area contributed by atoms with Gasteiger partial charge in [-0.1, -0.05) is 31.4 Å². The predicted molar refractivity (Wildman–Crippen MR) is 116 cm³/mol. The van der Waals surface area contributed by atoms with Crippen molar-refractivity contribution < 1.29 is 14.3 Å². The first kappa shape index (κ1) is 20.7. The average molecular weight is 413 g/mol. The zero-order valence-electron chi connectivity index (χ0n) is 17.9. The fourth-order valence-electron chi connectivity index (χ4n) is 4.56.